The first-order valence-corrected chi connectivity index (χ1v) is 10.4. The average Bonchev–Trinajstić information content (AvgIpc) is 3.41. The van der Waals surface area contributed by atoms with Crippen LogP contribution in [0.1, 0.15) is 42.2 Å². The van der Waals surface area contributed by atoms with Gasteiger partial charge >= 0.3 is 5.69 Å². The molecule has 2 fully saturated rings. The van der Waals surface area contributed by atoms with E-state index in [9.17, 15) is 9.59 Å². The van der Waals surface area contributed by atoms with Crippen LogP contribution in [0.4, 0.5) is 0 Å². The summed E-state index contributed by atoms with van der Waals surface area (Å²) < 4.78 is 1.94. The van der Waals surface area contributed by atoms with Crippen LogP contribution >= 0.6 is 0 Å². The third-order valence-electron chi connectivity index (χ3n) is 6.47. The van der Waals surface area contributed by atoms with Crippen molar-refractivity contribution in [3.05, 3.63) is 53.0 Å². The number of H-pyrrole nitrogens is 2. The van der Waals surface area contributed by atoms with E-state index in [-0.39, 0.29) is 17.6 Å². The van der Waals surface area contributed by atoms with E-state index in [0.717, 1.165) is 62.9 Å². The largest absolute Gasteiger partial charge is 0.350 e. The van der Waals surface area contributed by atoms with E-state index in [1.807, 2.05) is 33.7 Å². The summed E-state index contributed by atoms with van der Waals surface area (Å²) in [6.45, 7) is 3.54. The molecule has 1 amide bonds. The van der Waals surface area contributed by atoms with Crippen molar-refractivity contribution in [2.24, 2.45) is 0 Å². The van der Waals surface area contributed by atoms with Gasteiger partial charge in [0.05, 0.1) is 17.4 Å². The Balaban J connectivity index is 1.19. The standard InChI is InChI=1S/C21H26N6O2/c28-20(18-13-22-14-23-18)26-11-5-15(6-12-26)25-9-7-16(8-10-25)27-19-4-2-1-3-17(19)24-21(27)29/h1-4,13-16H,5-12H2,(H,22,23)(H,24,29). The molecule has 0 saturated carbocycles. The first-order chi connectivity index (χ1) is 14.2. The third kappa shape index (κ3) is 3.37. The molecule has 0 radical (unpaired) electrons. The van der Waals surface area contributed by atoms with Gasteiger partial charge in [-0.1, -0.05) is 12.1 Å². The average molecular weight is 394 g/mol. The summed E-state index contributed by atoms with van der Waals surface area (Å²) in [4.78, 5) is 39.3. The normalized spacial score (nSPS) is 19.8. The summed E-state index contributed by atoms with van der Waals surface area (Å²) in [6, 6.07) is 8.68. The van der Waals surface area contributed by atoms with Crippen LogP contribution in [0.25, 0.3) is 11.0 Å². The number of amides is 1. The minimum absolute atomic E-state index is 0.00478. The van der Waals surface area contributed by atoms with Crippen LogP contribution in [0.2, 0.25) is 0 Å². The molecule has 0 spiro atoms. The van der Waals surface area contributed by atoms with Crippen molar-refractivity contribution in [3.63, 3.8) is 0 Å². The number of aromatic nitrogens is 4. The molecular formula is C21H26N6O2. The molecule has 8 heteroatoms. The van der Waals surface area contributed by atoms with Gasteiger partial charge in [-0.25, -0.2) is 9.78 Å². The second-order valence-corrected chi connectivity index (χ2v) is 8.06. The first kappa shape index (κ1) is 18.2. The Morgan fingerprint density at radius 3 is 2.45 bits per heavy atom. The summed E-state index contributed by atoms with van der Waals surface area (Å²) in [7, 11) is 0. The van der Waals surface area contributed by atoms with Gasteiger partial charge < -0.3 is 19.8 Å². The number of imidazole rings is 2. The number of fused-ring (bicyclic) bond motifs is 1. The van der Waals surface area contributed by atoms with Crippen LogP contribution in [-0.4, -0.2) is 67.4 Å². The van der Waals surface area contributed by atoms with Gasteiger partial charge in [0, 0.05) is 44.5 Å². The minimum atomic E-state index is -0.00478. The van der Waals surface area contributed by atoms with Crippen molar-refractivity contribution < 1.29 is 4.79 Å². The fourth-order valence-electron chi connectivity index (χ4n) is 4.92. The summed E-state index contributed by atoms with van der Waals surface area (Å²) >= 11 is 0. The summed E-state index contributed by atoms with van der Waals surface area (Å²) in [6.07, 6.45) is 7.15. The van der Waals surface area contributed by atoms with Gasteiger partial charge in [-0.15, -0.1) is 0 Å². The van der Waals surface area contributed by atoms with Crippen molar-refractivity contribution in [3.8, 4) is 0 Å². The lowest BCUT2D eigenvalue weighted by Gasteiger charge is -2.41. The number of rotatable bonds is 3. The molecule has 0 unspecified atom stereocenters. The van der Waals surface area contributed by atoms with E-state index < -0.39 is 0 Å². The van der Waals surface area contributed by atoms with Crippen molar-refractivity contribution in [1.29, 1.82) is 0 Å². The highest BCUT2D eigenvalue weighted by Crippen LogP contribution is 2.28. The molecule has 0 aliphatic carbocycles. The van der Waals surface area contributed by atoms with Crippen LogP contribution in [0.5, 0.6) is 0 Å². The Bertz CT molecular complexity index is 1040. The minimum Gasteiger partial charge on any atom is -0.350 e. The van der Waals surface area contributed by atoms with Gasteiger partial charge in [-0.2, -0.15) is 0 Å². The zero-order chi connectivity index (χ0) is 19.8. The van der Waals surface area contributed by atoms with Gasteiger partial charge in [0.15, 0.2) is 0 Å². The maximum atomic E-state index is 12.5. The first-order valence-electron chi connectivity index (χ1n) is 10.4. The van der Waals surface area contributed by atoms with E-state index in [2.05, 4.69) is 19.9 Å². The molecule has 152 valence electrons. The number of nitrogens with one attached hydrogen (secondary N) is 2. The Morgan fingerprint density at radius 1 is 1.00 bits per heavy atom. The van der Waals surface area contributed by atoms with Crippen LogP contribution < -0.4 is 5.69 Å². The van der Waals surface area contributed by atoms with E-state index in [4.69, 9.17) is 0 Å². The number of benzene rings is 1. The van der Waals surface area contributed by atoms with Gasteiger partial charge in [-0.05, 0) is 37.8 Å². The molecule has 2 N–H and O–H groups in total. The van der Waals surface area contributed by atoms with Gasteiger partial charge in [-0.3, -0.25) is 9.36 Å². The van der Waals surface area contributed by atoms with Gasteiger partial charge in [0.25, 0.3) is 5.91 Å². The number of likely N-dealkylation sites (tertiary alicyclic amines) is 2. The number of carbonyl (C=O) groups excluding carboxylic acids is 1. The second kappa shape index (κ2) is 7.51. The van der Waals surface area contributed by atoms with Crippen molar-refractivity contribution in [2.75, 3.05) is 26.2 Å². The van der Waals surface area contributed by atoms with E-state index in [1.54, 1.807) is 12.5 Å². The molecule has 3 aromatic rings. The zero-order valence-electron chi connectivity index (χ0n) is 16.4. The summed E-state index contributed by atoms with van der Waals surface area (Å²) in [5.41, 5.74) is 2.40. The maximum Gasteiger partial charge on any atom is 0.326 e. The Morgan fingerprint density at radius 2 is 1.72 bits per heavy atom. The molecule has 8 nitrogen and oxygen atoms in total. The Hall–Kier alpha value is -2.87. The van der Waals surface area contributed by atoms with Crippen LogP contribution in [0.3, 0.4) is 0 Å². The third-order valence-corrected chi connectivity index (χ3v) is 6.47. The van der Waals surface area contributed by atoms with Crippen molar-refractivity contribution in [2.45, 2.75) is 37.8 Å². The number of aromatic amines is 2. The predicted octanol–water partition coefficient (Wildman–Crippen LogP) is 1.99. The lowest BCUT2D eigenvalue weighted by atomic mass is 9.97. The van der Waals surface area contributed by atoms with Crippen LogP contribution in [-0.2, 0) is 0 Å². The molecule has 5 rings (SSSR count). The molecular weight excluding hydrogens is 368 g/mol. The van der Waals surface area contributed by atoms with Crippen molar-refractivity contribution in [1.82, 2.24) is 29.3 Å². The lowest BCUT2D eigenvalue weighted by molar-refractivity contribution is 0.0553. The molecule has 2 aliphatic rings. The van der Waals surface area contributed by atoms with Crippen LogP contribution in [0, 0.1) is 0 Å². The van der Waals surface area contributed by atoms with Gasteiger partial charge in [0.1, 0.15) is 5.69 Å². The topological polar surface area (TPSA) is 90.0 Å². The molecule has 0 atom stereocenters. The fourth-order valence-corrected chi connectivity index (χ4v) is 4.92. The highest BCUT2D eigenvalue weighted by Gasteiger charge is 2.31. The molecule has 1 aromatic carbocycles. The van der Waals surface area contributed by atoms with Gasteiger partial charge in [0.2, 0.25) is 0 Å². The summed E-state index contributed by atoms with van der Waals surface area (Å²) in [5.74, 6) is 0.0159. The van der Waals surface area contributed by atoms with Crippen molar-refractivity contribution >= 4 is 16.9 Å². The predicted molar refractivity (Wildman–Crippen MR) is 110 cm³/mol. The zero-order valence-corrected chi connectivity index (χ0v) is 16.4. The highest BCUT2D eigenvalue weighted by atomic mass is 16.2. The molecule has 2 aromatic heterocycles. The molecule has 2 aliphatic heterocycles. The summed E-state index contributed by atoms with van der Waals surface area (Å²) in [5, 5.41) is 0. The number of piperidine rings is 2. The van der Waals surface area contributed by atoms with E-state index >= 15 is 0 Å². The smallest absolute Gasteiger partial charge is 0.326 e. The Kier molecular flexibility index (Phi) is 4.71. The molecule has 4 heterocycles. The number of carbonyl (C=O) groups is 1. The number of hydrogen-bond donors (Lipinski definition) is 2. The Labute approximate surface area is 168 Å². The quantitative estimate of drug-likeness (QED) is 0.711. The maximum absolute atomic E-state index is 12.5. The number of nitrogens with zero attached hydrogens (tertiary/aromatic N) is 4. The number of hydrogen-bond acceptors (Lipinski definition) is 4. The molecule has 29 heavy (non-hydrogen) atoms. The van der Waals surface area contributed by atoms with E-state index in [1.165, 1.54) is 0 Å². The van der Waals surface area contributed by atoms with E-state index in [0.29, 0.717) is 11.7 Å². The lowest BCUT2D eigenvalue weighted by Crippen LogP contribution is -2.49. The van der Waals surface area contributed by atoms with Crippen LogP contribution in [0.15, 0.2) is 41.6 Å². The molecule has 2 saturated heterocycles. The number of para-hydroxylation sites is 2. The second-order valence-electron chi connectivity index (χ2n) is 8.06. The molecule has 0 bridgehead atoms. The SMILES string of the molecule is O=C(c1c[nH]cn1)N1CCC(N2CCC(n3c(=O)[nH]c4ccccc43)CC2)CC1. The monoisotopic (exact) mass is 394 g/mol. The highest BCUT2D eigenvalue weighted by molar-refractivity contribution is 5.92. The fraction of sp³-hybridized carbons (Fsp3) is 0.476.